The van der Waals surface area contributed by atoms with E-state index in [0.717, 1.165) is 16.0 Å². The van der Waals surface area contributed by atoms with Crippen LogP contribution < -0.4 is 10.6 Å². The highest BCUT2D eigenvalue weighted by molar-refractivity contribution is 7.14. The average molecular weight is 278 g/mol. The molecule has 0 bridgehead atoms. The SMILES string of the molecule is c1coc(C(Nc2nccs2)Nc2nccs2)c1. The molecular formula is C11H10N4OS2. The predicted octanol–water partition coefficient (Wildman–Crippen LogP) is 3.42. The van der Waals surface area contributed by atoms with E-state index in [2.05, 4.69) is 20.6 Å². The summed E-state index contributed by atoms with van der Waals surface area (Å²) in [5, 5.41) is 12.0. The molecule has 2 N–H and O–H groups in total. The molecule has 0 unspecified atom stereocenters. The Morgan fingerprint density at radius 1 is 1.06 bits per heavy atom. The number of anilines is 2. The fourth-order valence-corrected chi connectivity index (χ4v) is 2.59. The van der Waals surface area contributed by atoms with Gasteiger partial charge in [-0.2, -0.15) is 0 Å². The summed E-state index contributed by atoms with van der Waals surface area (Å²) in [5.41, 5.74) is 0. The van der Waals surface area contributed by atoms with Gasteiger partial charge in [0.2, 0.25) is 0 Å². The van der Waals surface area contributed by atoms with Crippen molar-refractivity contribution < 1.29 is 4.42 Å². The lowest BCUT2D eigenvalue weighted by Crippen LogP contribution is -2.19. The van der Waals surface area contributed by atoms with Crippen LogP contribution in [0.2, 0.25) is 0 Å². The fourth-order valence-electron chi connectivity index (χ4n) is 1.47. The number of nitrogens with one attached hydrogen (secondary N) is 2. The standard InChI is InChI=1S/C11H10N4OS2/c1-2-8(16-5-1)9(14-10-12-3-6-17-10)15-11-13-4-7-18-11/h1-7,9H,(H,12,14)(H,13,15). The van der Waals surface area contributed by atoms with Crippen molar-refractivity contribution in [2.75, 3.05) is 10.6 Å². The molecule has 0 fully saturated rings. The van der Waals surface area contributed by atoms with Gasteiger partial charge in [-0.1, -0.05) is 0 Å². The number of furan rings is 1. The van der Waals surface area contributed by atoms with Crippen LogP contribution in [0.4, 0.5) is 10.3 Å². The zero-order valence-corrected chi connectivity index (χ0v) is 10.9. The summed E-state index contributed by atoms with van der Waals surface area (Å²) in [7, 11) is 0. The lowest BCUT2D eigenvalue weighted by molar-refractivity contribution is 0.494. The second-order valence-corrected chi connectivity index (χ2v) is 5.20. The Hall–Kier alpha value is -1.86. The molecule has 0 saturated carbocycles. The van der Waals surface area contributed by atoms with Crippen LogP contribution in [0.3, 0.4) is 0 Å². The molecule has 0 saturated heterocycles. The average Bonchev–Trinajstić information content (AvgIpc) is 3.13. The molecule has 3 aromatic rings. The van der Waals surface area contributed by atoms with E-state index in [0.29, 0.717) is 0 Å². The maximum absolute atomic E-state index is 5.42. The highest BCUT2D eigenvalue weighted by Crippen LogP contribution is 2.24. The number of hydrogen-bond donors (Lipinski definition) is 2. The maximum Gasteiger partial charge on any atom is 0.184 e. The van der Waals surface area contributed by atoms with Crippen LogP contribution in [0.1, 0.15) is 11.9 Å². The lowest BCUT2D eigenvalue weighted by Gasteiger charge is -2.16. The summed E-state index contributed by atoms with van der Waals surface area (Å²) < 4.78 is 5.42. The van der Waals surface area contributed by atoms with E-state index in [1.807, 2.05) is 22.9 Å². The number of rotatable bonds is 5. The molecule has 0 radical (unpaired) electrons. The number of hydrogen-bond acceptors (Lipinski definition) is 7. The van der Waals surface area contributed by atoms with Crippen LogP contribution in [0.25, 0.3) is 0 Å². The fraction of sp³-hybridized carbons (Fsp3) is 0.0909. The summed E-state index contributed by atoms with van der Waals surface area (Å²) in [5.74, 6) is 0.792. The van der Waals surface area contributed by atoms with E-state index in [9.17, 15) is 0 Å². The second-order valence-electron chi connectivity index (χ2n) is 3.41. The van der Waals surface area contributed by atoms with Crippen molar-refractivity contribution >= 4 is 32.9 Å². The Kier molecular flexibility index (Phi) is 3.24. The number of thiazole rings is 2. The van der Waals surface area contributed by atoms with E-state index in [-0.39, 0.29) is 6.17 Å². The van der Waals surface area contributed by atoms with Crippen LogP contribution >= 0.6 is 22.7 Å². The molecule has 92 valence electrons. The normalized spacial score (nSPS) is 10.7. The molecule has 0 atom stereocenters. The van der Waals surface area contributed by atoms with Crippen molar-refractivity contribution in [2.24, 2.45) is 0 Å². The molecule has 3 heterocycles. The molecule has 3 aromatic heterocycles. The summed E-state index contributed by atoms with van der Waals surface area (Å²) in [6.45, 7) is 0. The highest BCUT2D eigenvalue weighted by atomic mass is 32.1. The molecular weight excluding hydrogens is 268 g/mol. The summed E-state index contributed by atoms with van der Waals surface area (Å²) in [6, 6.07) is 3.77. The quantitative estimate of drug-likeness (QED) is 0.700. The van der Waals surface area contributed by atoms with Gasteiger partial charge in [0.1, 0.15) is 5.76 Å². The molecule has 7 heteroatoms. The zero-order chi connectivity index (χ0) is 12.2. The van der Waals surface area contributed by atoms with E-state index in [1.54, 1.807) is 41.3 Å². The third kappa shape index (κ3) is 2.52. The molecule has 3 rings (SSSR count). The smallest absolute Gasteiger partial charge is 0.184 e. The minimum atomic E-state index is -0.183. The van der Waals surface area contributed by atoms with Gasteiger partial charge in [0.15, 0.2) is 16.4 Å². The van der Waals surface area contributed by atoms with Crippen LogP contribution in [0, 0.1) is 0 Å². The molecule has 0 aliphatic carbocycles. The number of nitrogens with zero attached hydrogens (tertiary/aromatic N) is 2. The Morgan fingerprint density at radius 2 is 1.72 bits per heavy atom. The highest BCUT2D eigenvalue weighted by Gasteiger charge is 2.15. The first-order chi connectivity index (χ1) is 8.92. The molecule has 0 amide bonds. The molecule has 0 aliphatic heterocycles. The summed E-state index contributed by atoms with van der Waals surface area (Å²) >= 11 is 3.08. The van der Waals surface area contributed by atoms with Gasteiger partial charge in [-0.15, -0.1) is 22.7 Å². The first-order valence-electron chi connectivity index (χ1n) is 5.27. The van der Waals surface area contributed by atoms with Gasteiger partial charge >= 0.3 is 0 Å². The van der Waals surface area contributed by atoms with Gasteiger partial charge in [-0.3, -0.25) is 0 Å². The van der Waals surface area contributed by atoms with E-state index < -0.39 is 0 Å². The van der Waals surface area contributed by atoms with Crippen LogP contribution in [-0.4, -0.2) is 9.97 Å². The Bertz CT molecular complexity index is 526. The largest absolute Gasteiger partial charge is 0.465 e. The molecule has 0 spiro atoms. The zero-order valence-electron chi connectivity index (χ0n) is 9.24. The summed E-state index contributed by atoms with van der Waals surface area (Å²) in [4.78, 5) is 8.41. The third-order valence-electron chi connectivity index (χ3n) is 2.23. The van der Waals surface area contributed by atoms with Crippen LogP contribution in [0.5, 0.6) is 0 Å². The minimum Gasteiger partial charge on any atom is -0.465 e. The van der Waals surface area contributed by atoms with Crippen molar-refractivity contribution in [3.05, 3.63) is 47.3 Å². The van der Waals surface area contributed by atoms with E-state index >= 15 is 0 Å². The van der Waals surface area contributed by atoms with Crippen molar-refractivity contribution in [3.8, 4) is 0 Å². The Morgan fingerprint density at radius 3 is 2.17 bits per heavy atom. The van der Waals surface area contributed by atoms with Crippen molar-refractivity contribution in [1.82, 2.24) is 9.97 Å². The van der Waals surface area contributed by atoms with Gasteiger partial charge < -0.3 is 15.1 Å². The van der Waals surface area contributed by atoms with Gasteiger partial charge in [0.25, 0.3) is 0 Å². The molecule has 18 heavy (non-hydrogen) atoms. The van der Waals surface area contributed by atoms with Crippen LogP contribution in [-0.2, 0) is 0 Å². The molecule has 0 aromatic carbocycles. The van der Waals surface area contributed by atoms with E-state index in [4.69, 9.17) is 4.42 Å². The maximum atomic E-state index is 5.42. The number of aromatic nitrogens is 2. The van der Waals surface area contributed by atoms with Crippen molar-refractivity contribution in [2.45, 2.75) is 6.17 Å². The first-order valence-corrected chi connectivity index (χ1v) is 7.03. The topological polar surface area (TPSA) is 63.0 Å². The summed E-state index contributed by atoms with van der Waals surface area (Å²) in [6.07, 6.45) is 4.98. The Labute approximate surface area is 112 Å². The van der Waals surface area contributed by atoms with E-state index in [1.165, 1.54) is 0 Å². The van der Waals surface area contributed by atoms with Gasteiger partial charge in [-0.05, 0) is 12.1 Å². The third-order valence-corrected chi connectivity index (χ3v) is 3.64. The van der Waals surface area contributed by atoms with Crippen molar-refractivity contribution in [3.63, 3.8) is 0 Å². The first kappa shape index (κ1) is 11.2. The minimum absolute atomic E-state index is 0.183. The van der Waals surface area contributed by atoms with Gasteiger partial charge in [0, 0.05) is 23.2 Å². The van der Waals surface area contributed by atoms with Gasteiger partial charge in [-0.25, -0.2) is 9.97 Å². The lowest BCUT2D eigenvalue weighted by atomic mass is 10.3. The van der Waals surface area contributed by atoms with Crippen LogP contribution in [0.15, 0.2) is 46.0 Å². The Balaban J connectivity index is 1.80. The molecule has 5 nitrogen and oxygen atoms in total. The van der Waals surface area contributed by atoms with Gasteiger partial charge in [0.05, 0.1) is 6.26 Å². The predicted molar refractivity (Wildman–Crippen MR) is 72.9 cm³/mol. The van der Waals surface area contributed by atoms with Crippen molar-refractivity contribution in [1.29, 1.82) is 0 Å². The monoisotopic (exact) mass is 278 g/mol. The second kappa shape index (κ2) is 5.19. The molecule has 0 aliphatic rings.